The second-order valence-electron chi connectivity index (χ2n) is 7.81. The summed E-state index contributed by atoms with van der Waals surface area (Å²) in [6.07, 6.45) is 2.18. The zero-order valence-electron chi connectivity index (χ0n) is 18.3. The van der Waals surface area contributed by atoms with E-state index in [1.54, 1.807) is 12.1 Å². The molecule has 0 radical (unpaired) electrons. The highest BCUT2D eigenvalue weighted by Gasteiger charge is 2.14. The molecule has 4 aromatic carbocycles. The number of fused-ring (bicyclic) bond motifs is 1. The van der Waals surface area contributed by atoms with Gasteiger partial charge in [0.25, 0.3) is 0 Å². The van der Waals surface area contributed by atoms with Crippen LogP contribution < -0.4 is 10.1 Å². The molecule has 0 bridgehead atoms. The molecule has 0 aliphatic rings. The molecular formula is C28H29ClFNO. The average Bonchev–Trinajstić information content (AvgIpc) is 2.82. The molecule has 4 rings (SSSR count). The minimum Gasteiger partial charge on any atom is -0.489 e. The monoisotopic (exact) mass is 449 g/mol. The second-order valence-corrected chi connectivity index (χ2v) is 7.81. The van der Waals surface area contributed by atoms with Crippen molar-refractivity contribution in [2.24, 2.45) is 0 Å². The molecule has 0 saturated carbocycles. The van der Waals surface area contributed by atoms with Gasteiger partial charge in [-0.05, 0) is 46.5 Å². The fourth-order valence-electron chi connectivity index (χ4n) is 3.96. The standard InChI is InChI=1S/C28H28FNO.ClH/c1-2-8-27(23-10-4-3-5-11-23)30-19-26-25-12-7-6-9-22(25)15-18-28(26)31-20-21-13-16-24(29)17-14-21;/h3-7,9-18,27,30H,2,8,19-20H2,1H3;1H. The Hall–Kier alpha value is -2.88. The molecule has 0 heterocycles. The van der Waals surface area contributed by atoms with Crippen LogP contribution in [-0.2, 0) is 13.2 Å². The number of hydrogen-bond acceptors (Lipinski definition) is 2. The molecule has 0 saturated heterocycles. The summed E-state index contributed by atoms with van der Waals surface area (Å²) in [7, 11) is 0. The maximum Gasteiger partial charge on any atom is 0.124 e. The van der Waals surface area contributed by atoms with Gasteiger partial charge in [-0.2, -0.15) is 0 Å². The predicted octanol–water partition coefficient (Wildman–Crippen LogP) is 7.61. The van der Waals surface area contributed by atoms with E-state index in [-0.39, 0.29) is 24.3 Å². The molecule has 0 aliphatic carbocycles. The molecule has 4 heteroatoms. The lowest BCUT2D eigenvalue weighted by molar-refractivity contribution is 0.302. The summed E-state index contributed by atoms with van der Waals surface area (Å²) in [6, 6.07) is 29.9. The third-order valence-corrected chi connectivity index (χ3v) is 5.61. The first-order valence-electron chi connectivity index (χ1n) is 10.9. The molecule has 0 aromatic heterocycles. The van der Waals surface area contributed by atoms with Crippen molar-refractivity contribution >= 4 is 23.2 Å². The molecule has 32 heavy (non-hydrogen) atoms. The summed E-state index contributed by atoms with van der Waals surface area (Å²) >= 11 is 0. The summed E-state index contributed by atoms with van der Waals surface area (Å²) in [5, 5.41) is 6.15. The van der Waals surface area contributed by atoms with Crippen LogP contribution in [0.1, 0.15) is 42.5 Å². The Morgan fingerprint density at radius 1 is 0.844 bits per heavy atom. The Kier molecular flexibility index (Phi) is 8.66. The van der Waals surface area contributed by atoms with E-state index in [0.717, 1.165) is 29.7 Å². The van der Waals surface area contributed by atoms with E-state index < -0.39 is 0 Å². The van der Waals surface area contributed by atoms with Crippen LogP contribution >= 0.6 is 12.4 Å². The van der Waals surface area contributed by atoms with E-state index in [9.17, 15) is 4.39 Å². The molecule has 166 valence electrons. The van der Waals surface area contributed by atoms with Gasteiger partial charge in [-0.1, -0.05) is 86.1 Å². The van der Waals surface area contributed by atoms with Crippen molar-refractivity contribution in [2.45, 2.75) is 39.0 Å². The lowest BCUT2D eigenvalue weighted by Gasteiger charge is -2.21. The highest BCUT2D eigenvalue weighted by molar-refractivity contribution is 5.87. The van der Waals surface area contributed by atoms with Crippen LogP contribution in [0.3, 0.4) is 0 Å². The molecule has 1 unspecified atom stereocenters. The van der Waals surface area contributed by atoms with Gasteiger partial charge in [-0.3, -0.25) is 0 Å². The molecule has 4 aromatic rings. The first-order valence-corrected chi connectivity index (χ1v) is 10.9. The SMILES string of the molecule is CCCC(NCc1c(OCc2ccc(F)cc2)ccc2ccccc12)c1ccccc1.Cl. The maximum atomic E-state index is 13.2. The number of nitrogens with one attached hydrogen (secondary N) is 1. The van der Waals surface area contributed by atoms with Gasteiger partial charge in [0, 0.05) is 18.2 Å². The van der Waals surface area contributed by atoms with Crippen molar-refractivity contribution in [3.05, 3.63) is 114 Å². The van der Waals surface area contributed by atoms with Gasteiger partial charge >= 0.3 is 0 Å². The van der Waals surface area contributed by atoms with E-state index in [0.29, 0.717) is 13.2 Å². The second kappa shape index (κ2) is 11.7. The minimum absolute atomic E-state index is 0. The Morgan fingerprint density at radius 3 is 2.31 bits per heavy atom. The van der Waals surface area contributed by atoms with E-state index in [1.807, 2.05) is 6.07 Å². The van der Waals surface area contributed by atoms with Crippen LogP contribution in [0.4, 0.5) is 4.39 Å². The predicted molar refractivity (Wildman–Crippen MR) is 133 cm³/mol. The molecule has 0 amide bonds. The smallest absolute Gasteiger partial charge is 0.124 e. The largest absolute Gasteiger partial charge is 0.489 e. The van der Waals surface area contributed by atoms with Crippen molar-refractivity contribution in [1.29, 1.82) is 0 Å². The quantitative estimate of drug-likeness (QED) is 0.284. The topological polar surface area (TPSA) is 21.3 Å². The van der Waals surface area contributed by atoms with E-state index in [4.69, 9.17) is 4.74 Å². The molecule has 0 fully saturated rings. The van der Waals surface area contributed by atoms with Gasteiger partial charge in [0.15, 0.2) is 0 Å². The average molecular weight is 450 g/mol. The highest BCUT2D eigenvalue weighted by atomic mass is 35.5. The van der Waals surface area contributed by atoms with Gasteiger partial charge in [0.1, 0.15) is 18.2 Å². The van der Waals surface area contributed by atoms with E-state index >= 15 is 0 Å². The lowest BCUT2D eigenvalue weighted by atomic mass is 10.00. The van der Waals surface area contributed by atoms with E-state index in [2.05, 4.69) is 72.9 Å². The number of benzene rings is 4. The van der Waals surface area contributed by atoms with Gasteiger partial charge in [0.2, 0.25) is 0 Å². The lowest BCUT2D eigenvalue weighted by Crippen LogP contribution is -2.21. The molecule has 0 aliphatic heterocycles. The van der Waals surface area contributed by atoms with Gasteiger partial charge in [-0.25, -0.2) is 4.39 Å². The molecule has 1 atom stereocenters. The number of hydrogen-bond donors (Lipinski definition) is 1. The third kappa shape index (κ3) is 5.87. The van der Waals surface area contributed by atoms with Crippen LogP contribution in [0.2, 0.25) is 0 Å². The summed E-state index contributed by atoms with van der Waals surface area (Å²) < 4.78 is 19.4. The van der Waals surface area contributed by atoms with Crippen LogP contribution in [0.15, 0.2) is 91.0 Å². The number of ether oxygens (including phenoxy) is 1. The van der Waals surface area contributed by atoms with Crippen molar-refractivity contribution in [3.8, 4) is 5.75 Å². The summed E-state index contributed by atoms with van der Waals surface area (Å²) in [5.41, 5.74) is 3.40. The van der Waals surface area contributed by atoms with E-state index in [1.165, 1.54) is 28.5 Å². The Morgan fingerprint density at radius 2 is 1.56 bits per heavy atom. The third-order valence-electron chi connectivity index (χ3n) is 5.61. The van der Waals surface area contributed by atoms with Crippen LogP contribution in [-0.4, -0.2) is 0 Å². The molecule has 1 N–H and O–H groups in total. The van der Waals surface area contributed by atoms with Crippen molar-refractivity contribution in [1.82, 2.24) is 5.32 Å². The Bertz CT molecular complexity index is 1120. The zero-order valence-corrected chi connectivity index (χ0v) is 19.1. The fraction of sp³-hybridized carbons (Fsp3) is 0.214. The highest BCUT2D eigenvalue weighted by Crippen LogP contribution is 2.30. The maximum absolute atomic E-state index is 13.2. The first kappa shape index (κ1) is 23.8. The molecule has 0 spiro atoms. The van der Waals surface area contributed by atoms with Crippen molar-refractivity contribution < 1.29 is 9.13 Å². The zero-order chi connectivity index (χ0) is 21.5. The van der Waals surface area contributed by atoms with Crippen molar-refractivity contribution in [3.63, 3.8) is 0 Å². The Labute approximate surface area is 195 Å². The van der Waals surface area contributed by atoms with Gasteiger partial charge in [-0.15, -0.1) is 12.4 Å². The fourth-order valence-corrected chi connectivity index (χ4v) is 3.96. The molecule has 2 nitrogen and oxygen atoms in total. The number of rotatable bonds is 9. The summed E-state index contributed by atoms with van der Waals surface area (Å²) in [6.45, 7) is 3.33. The Balaban J connectivity index is 0.00000289. The summed E-state index contributed by atoms with van der Waals surface area (Å²) in [5.74, 6) is 0.626. The van der Waals surface area contributed by atoms with Gasteiger partial charge in [0.05, 0.1) is 0 Å². The van der Waals surface area contributed by atoms with Gasteiger partial charge < -0.3 is 10.1 Å². The normalized spacial score (nSPS) is 11.7. The first-order chi connectivity index (χ1) is 15.2. The van der Waals surface area contributed by atoms with Crippen LogP contribution in [0.25, 0.3) is 10.8 Å². The molecular weight excluding hydrogens is 421 g/mol. The minimum atomic E-state index is -0.234. The van der Waals surface area contributed by atoms with Crippen molar-refractivity contribution in [2.75, 3.05) is 0 Å². The van der Waals surface area contributed by atoms with Crippen LogP contribution in [0, 0.1) is 5.82 Å². The summed E-state index contributed by atoms with van der Waals surface area (Å²) in [4.78, 5) is 0. The van der Waals surface area contributed by atoms with Crippen LogP contribution in [0.5, 0.6) is 5.75 Å². The number of halogens is 2.